The molecule has 3 unspecified atom stereocenters. The number of rotatable bonds is 1. The van der Waals surface area contributed by atoms with Crippen molar-refractivity contribution < 1.29 is 4.74 Å². The van der Waals surface area contributed by atoms with Crippen LogP contribution in [0.15, 0.2) is 18.2 Å². The minimum atomic E-state index is 0.138. The molecule has 17 heavy (non-hydrogen) atoms. The van der Waals surface area contributed by atoms with Gasteiger partial charge in [-0.05, 0) is 41.7 Å². The SMILES string of the molecule is COc1ccc2c(c1)C(N)C1CSCCC1N2. The highest BCUT2D eigenvalue weighted by Gasteiger charge is 2.36. The second kappa shape index (κ2) is 4.42. The summed E-state index contributed by atoms with van der Waals surface area (Å²) in [5, 5.41) is 3.63. The summed E-state index contributed by atoms with van der Waals surface area (Å²) in [5.74, 6) is 3.85. The molecule has 1 aromatic carbocycles. The lowest BCUT2D eigenvalue weighted by atomic mass is 9.83. The van der Waals surface area contributed by atoms with Crippen LogP contribution in [0, 0.1) is 5.92 Å². The number of fused-ring (bicyclic) bond motifs is 2. The number of hydrogen-bond acceptors (Lipinski definition) is 4. The second-order valence-electron chi connectivity index (χ2n) is 4.76. The Kier molecular flexibility index (Phi) is 2.92. The van der Waals surface area contributed by atoms with Crippen molar-refractivity contribution in [1.29, 1.82) is 0 Å². The molecule has 0 spiro atoms. The molecule has 3 atom stereocenters. The van der Waals surface area contributed by atoms with Crippen LogP contribution in [0.4, 0.5) is 5.69 Å². The van der Waals surface area contributed by atoms with Crippen molar-refractivity contribution in [1.82, 2.24) is 0 Å². The number of ether oxygens (including phenoxy) is 1. The quantitative estimate of drug-likeness (QED) is 0.802. The molecule has 0 bridgehead atoms. The fraction of sp³-hybridized carbons (Fsp3) is 0.538. The Morgan fingerprint density at radius 2 is 2.35 bits per heavy atom. The van der Waals surface area contributed by atoms with Crippen molar-refractivity contribution >= 4 is 17.4 Å². The minimum absolute atomic E-state index is 0.138. The fourth-order valence-electron chi connectivity index (χ4n) is 2.80. The summed E-state index contributed by atoms with van der Waals surface area (Å²) < 4.78 is 5.28. The molecule has 92 valence electrons. The van der Waals surface area contributed by atoms with E-state index in [0.717, 1.165) is 11.5 Å². The van der Waals surface area contributed by atoms with Gasteiger partial charge in [-0.2, -0.15) is 11.8 Å². The van der Waals surface area contributed by atoms with E-state index in [1.165, 1.54) is 23.4 Å². The van der Waals surface area contributed by atoms with Crippen molar-refractivity contribution in [2.75, 3.05) is 23.9 Å². The van der Waals surface area contributed by atoms with Crippen molar-refractivity contribution in [3.63, 3.8) is 0 Å². The minimum Gasteiger partial charge on any atom is -0.497 e. The van der Waals surface area contributed by atoms with E-state index in [1.807, 2.05) is 17.8 Å². The van der Waals surface area contributed by atoms with Crippen LogP contribution in [0.3, 0.4) is 0 Å². The molecule has 3 rings (SSSR count). The molecule has 1 fully saturated rings. The van der Waals surface area contributed by atoms with Crippen LogP contribution >= 0.6 is 11.8 Å². The van der Waals surface area contributed by atoms with Gasteiger partial charge in [0.25, 0.3) is 0 Å². The summed E-state index contributed by atoms with van der Waals surface area (Å²) in [6.45, 7) is 0. The molecule has 2 aliphatic rings. The summed E-state index contributed by atoms with van der Waals surface area (Å²) >= 11 is 2.02. The van der Waals surface area contributed by atoms with E-state index in [2.05, 4.69) is 17.4 Å². The predicted octanol–water partition coefficient (Wildman–Crippen LogP) is 2.24. The number of hydrogen-bond donors (Lipinski definition) is 2. The van der Waals surface area contributed by atoms with Gasteiger partial charge in [0, 0.05) is 23.7 Å². The highest BCUT2D eigenvalue weighted by Crippen LogP contribution is 2.41. The molecule has 0 saturated carbocycles. The zero-order chi connectivity index (χ0) is 11.8. The smallest absolute Gasteiger partial charge is 0.119 e. The van der Waals surface area contributed by atoms with Crippen molar-refractivity contribution in [2.24, 2.45) is 11.7 Å². The van der Waals surface area contributed by atoms with Gasteiger partial charge < -0.3 is 15.8 Å². The molecule has 4 heteroatoms. The van der Waals surface area contributed by atoms with Crippen LogP contribution in [-0.2, 0) is 0 Å². The molecule has 1 aromatic rings. The Morgan fingerprint density at radius 3 is 3.18 bits per heavy atom. The summed E-state index contributed by atoms with van der Waals surface area (Å²) in [6.07, 6.45) is 1.22. The van der Waals surface area contributed by atoms with Crippen molar-refractivity contribution in [2.45, 2.75) is 18.5 Å². The Hall–Kier alpha value is -0.870. The number of thioether (sulfide) groups is 1. The van der Waals surface area contributed by atoms with Crippen LogP contribution in [0.1, 0.15) is 18.0 Å². The number of anilines is 1. The Labute approximate surface area is 106 Å². The van der Waals surface area contributed by atoms with Gasteiger partial charge in [-0.15, -0.1) is 0 Å². The Bertz CT molecular complexity index is 424. The first-order chi connectivity index (χ1) is 8.29. The molecule has 2 heterocycles. The third-order valence-corrected chi connectivity index (χ3v) is 4.97. The number of benzene rings is 1. The van der Waals surface area contributed by atoms with Gasteiger partial charge in [0.05, 0.1) is 7.11 Å². The monoisotopic (exact) mass is 250 g/mol. The van der Waals surface area contributed by atoms with Crippen LogP contribution in [0.25, 0.3) is 0 Å². The molecule has 3 N–H and O–H groups in total. The van der Waals surface area contributed by atoms with Gasteiger partial charge >= 0.3 is 0 Å². The van der Waals surface area contributed by atoms with E-state index in [0.29, 0.717) is 12.0 Å². The summed E-state index contributed by atoms with van der Waals surface area (Å²) in [5.41, 5.74) is 8.80. The normalized spacial score (nSPS) is 31.1. The molecule has 0 aromatic heterocycles. The third kappa shape index (κ3) is 1.89. The third-order valence-electron chi connectivity index (χ3n) is 3.82. The summed E-state index contributed by atoms with van der Waals surface area (Å²) in [7, 11) is 1.70. The zero-order valence-electron chi connectivity index (χ0n) is 9.98. The largest absolute Gasteiger partial charge is 0.497 e. The topological polar surface area (TPSA) is 47.3 Å². The maximum absolute atomic E-state index is 6.42. The Balaban J connectivity index is 1.97. The maximum atomic E-state index is 6.42. The number of nitrogens with two attached hydrogens (primary N) is 1. The lowest BCUT2D eigenvalue weighted by molar-refractivity contribution is 0.377. The van der Waals surface area contributed by atoms with Crippen LogP contribution < -0.4 is 15.8 Å². The molecule has 0 aliphatic carbocycles. The molecular weight excluding hydrogens is 232 g/mol. The van der Waals surface area contributed by atoms with E-state index >= 15 is 0 Å². The number of methoxy groups -OCH3 is 1. The fourth-order valence-corrected chi connectivity index (χ4v) is 4.10. The predicted molar refractivity (Wildman–Crippen MR) is 72.8 cm³/mol. The first-order valence-corrected chi connectivity index (χ1v) is 7.23. The van der Waals surface area contributed by atoms with Gasteiger partial charge in [-0.25, -0.2) is 0 Å². The van der Waals surface area contributed by atoms with Crippen molar-refractivity contribution in [3.05, 3.63) is 23.8 Å². The van der Waals surface area contributed by atoms with Crippen LogP contribution in [0.5, 0.6) is 5.75 Å². The molecule has 0 amide bonds. The molecule has 3 nitrogen and oxygen atoms in total. The van der Waals surface area contributed by atoms with Gasteiger partial charge in [0.15, 0.2) is 0 Å². The standard InChI is InChI=1S/C13H18N2OS/c1-16-8-2-3-11-9(6-8)13(14)10-7-17-5-4-12(10)15-11/h2-3,6,10,12-13,15H,4-5,7,14H2,1H3. The molecular formula is C13H18N2OS. The highest BCUT2D eigenvalue weighted by molar-refractivity contribution is 7.99. The van der Waals surface area contributed by atoms with E-state index < -0.39 is 0 Å². The van der Waals surface area contributed by atoms with Gasteiger partial charge in [0.2, 0.25) is 0 Å². The van der Waals surface area contributed by atoms with Gasteiger partial charge in [-0.3, -0.25) is 0 Å². The van der Waals surface area contributed by atoms with Crippen LogP contribution in [0.2, 0.25) is 0 Å². The highest BCUT2D eigenvalue weighted by atomic mass is 32.2. The van der Waals surface area contributed by atoms with Crippen molar-refractivity contribution in [3.8, 4) is 5.75 Å². The second-order valence-corrected chi connectivity index (χ2v) is 5.91. The molecule has 1 saturated heterocycles. The number of nitrogens with one attached hydrogen (secondary N) is 1. The average Bonchev–Trinajstić information content (AvgIpc) is 2.39. The van der Waals surface area contributed by atoms with E-state index in [1.54, 1.807) is 7.11 Å². The Morgan fingerprint density at radius 1 is 1.47 bits per heavy atom. The lowest BCUT2D eigenvalue weighted by Crippen LogP contribution is -2.44. The zero-order valence-corrected chi connectivity index (χ0v) is 10.8. The van der Waals surface area contributed by atoms with Gasteiger partial charge in [-0.1, -0.05) is 0 Å². The summed E-state index contributed by atoms with van der Waals surface area (Å²) in [4.78, 5) is 0. The van der Waals surface area contributed by atoms with E-state index in [4.69, 9.17) is 10.5 Å². The van der Waals surface area contributed by atoms with Gasteiger partial charge in [0.1, 0.15) is 5.75 Å². The molecule has 2 aliphatic heterocycles. The lowest BCUT2D eigenvalue weighted by Gasteiger charge is -2.41. The van der Waals surface area contributed by atoms with E-state index in [9.17, 15) is 0 Å². The van der Waals surface area contributed by atoms with Crippen LogP contribution in [-0.4, -0.2) is 24.7 Å². The average molecular weight is 250 g/mol. The first-order valence-electron chi connectivity index (χ1n) is 6.07. The van der Waals surface area contributed by atoms with E-state index in [-0.39, 0.29) is 6.04 Å². The summed E-state index contributed by atoms with van der Waals surface area (Å²) in [6, 6.07) is 6.84. The first kappa shape index (κ1) is 11.2. The molecule has 0 radical (unpaired) electrons. The maximum Gasteiger partial charge on any atom is 0.119 e.